The molecule has 0 saturated carbocycles. The van der Waals surface area contributed by atoms with Gasteiger partial charge in [0.2, 0.25) is 0 Å². The molecule has 0 aliphatic carbocycles. The predicted octanol–water partition coefficient (Wildman–Crippen LogP) is -1.84. The van der Waals surface area contributed by atoms with E-state index in [9.17, 15) is 0 Å². The summed E-state index contributed by atoms with van der Waals surface area (Å²) in [5.74, 6) is 0. The van der Waals surface area contributed by atoms with E-state index in [2.05, 4.69) is 0 Å². The van der Waals surface area contributed by atoms with Crippen molar-refractivity contribution in [3.8, 4) is 0 Å². The first-order valence-electron chi connectivity index (χ1n) is 0.667. The molecule has 0 amide bonds. The van der Waals surface area contributed by atoms with Crippen LogP contribution in [0, 0.1) is 0 Å². The van der Waals surface area contributed by atoms with Crippen molar-refractivity contribution in [3.05, 3.63) is 0 Å². The van der Waals surface area contributed by atoms with Crippen molar-refractivity contribution in [1.29, 1.82) is 0 Å². The Morgan fingerprint density at radius 3 is 1.14 bits per heavy atom. The largest absolute Gasteiger partial charge is 0.759 e. The quantitative estimate of drug-likeness (QED) is 0.297. The maximum Gasteiger partial charge on any atom is 0.0311 e. The van der Waals surface area contributed by atoms with Gasteiger partial charge in [-0.15, -0.1) is 0 Å². The SMILES string of the molecule is O=S(=O)([O-])[O-].[O].[Pb]. The van der Waals surface area contributed by atoms with Crippen LogP contribution in [0.25, 0.3) is 0 Å². The fourth-order valence-electron chi connectivity index (χ4n) is 0. The molecule has 0 saturated heterocycles. The van der Waals surface area contributed by atoms with Crippen molar-refractivity contribution in [3.63, 3.8) is 0 Å². The van der Waals surface area contributed by atoms with Crippen LogP contribution in [0.4, 0.5) is 0 Å². The Morgan fingerprint density at radius 1 is 1.14 bits per heavy atom. The van der Waals surface area contributed by atoms with Gasteiger partial charge < -0.3 is 9.11 Å². The molecule has 0 bridgehead atoms. The van der Waals surface area contributed by atoms with E-state index in [-0.39, 0.29) is 32.8 Å². The molecule has 0 heterocycles. The summed E-state index contributed by atoms with van der Waals surface area (Å²) in [6.45, 7) is 0. The van der Waals surface area contributed by atoms with E-state index in [1.54, 1.807) is 0 Å². The van der Waals surface area contributed by atoms with Crippen LogP contribution in [-0.4, -0.2) is 44.8 Å². The van der Waals surface area contributed by atoms with E-state index in [1.165, 1.54) is 0 Å². The summed E-state index contributed by atoms with van der Waals surface area (Å²) in [5, 5.41) is 0. The minimum atomic E-state index is -5.17. The van der Waals surface area contributed by atoms with Crippen molar-refractivity contribution in [2.45, 2.75) is 0 Å². The van der Waals surface area contributed by atoms with Crippen LogP contribution in [-0.2, 0) is 15.9 Å². The third-order valence-corrected chi connectivity index (χ3v) is 0. The molecule has 0 rings (SSSR count). The predicted molar refractivity (Wildman–Crippen MR) is 16.9 cm³/mol. The van der Waals surface area contributed by atoms with Gasteiger partial charge in [0.25, 0.3) is 0 Å². The summed E-state index contributed by atoms with van der Waals surface area (Å²) in [5.41, 5.74) is 0. The van der Waals surface area contributed by atoms with Crippen molar-refractivity contribution < 1.29 is 23.0 Å². The fraction of sp³-hybridized carbons (Fsp3) is 0. The molecule has 42 valence electrons. The third-order valence-electron chi connectivity index (χ3n) is 0. The van der Waals surface area contributed by atoms with Crippen LogP contribution in [0.2, 0.25) is 0 Å². The molecule has 0 unspecified atom stereocenters. The Bertz CT molecular complexity index is 91.2. The van der Waals surface area contributed by atoms with E-state index in [4.69, 9.17) is 17.5 Å². The second-order valence-corrected chi connectivity index (χ2v) is 1.22. The van der Waals surface area contributed by atoms with E-state index in [1.807, 2.05) is 0 Å². The summed E-state index contributed by atoms with van der Waals surface area (Å²) in [4.78, 5) is 0. The molecular formula is O5PbS-2. The summed E-state index contributed by atoms with van der Waals surface area (Å²) >= 11 is 0. The zero-order valence-electron chi connectivity index (χ0n) is 2.95. The Kier molecular flexibility index (Phi) is 11.0. The smallest absolute Gasteiger partial charge is 0.0311 e. The maximum atomic E-state index is 8.52. The Hall–Kier alpha value is 0.752. The molecule has 0 N–H and O–H groups in total. The van der Waals surface area contributed by atoms with Gasteiger partial charge in [-0.1, -0.05) is 0 Å². The average Bonchev–Trinajstić information content (AvgIpc) is 0.722. The van der Waals surface area contributed by atoms with Crippen LogP contribution in [0.15, 0.2) is 0 Å². The number of rotatable bonds is 0. The van der Waals surface area contributed by atoms with Gasteiger partial charge >= 0.3 is 0 Å². The van der Waals surface area contributed by atoms with Crippen molar-refractivity contribution in [2.75, 3.05) is 0 Å². The molecule has 7 heteroatoms. The van der Waals surface area contributed by atoms with Crippen LogP contribution in [0.3, 0.4) is 0 Å². The molecule has 0 aromatic carbocycles. The number of hydrogen-bond acceptors (Lipinski definition) is 4. The molecule has 0 atom stereocenters. The zero-order chi connectivity index (χ0) is 4.50. The topological polar surface area (TPSA) is 109 Å². The van der Waals surface area contributed by atoms with E-state index in [0.717, 1.165) is 0 Å². The van der Waals surface area contributed by atoms with Gasteiger partial charge in [-0.3, -0.25) is 8.42 Å². The van der Waals surface area contributed by atoms with Gasteiger partial charge in [0.1, 0.15) is 0 Å². The van der Waals surface area contributed by atoms with Gasteiger partial charge in [-0.2, -0.15) is 0 Å². The molecule has 5 nitrogen and oxygen atoms in total. The second kappa shape index (κ2) is 4.90. The first-order valence-corrected chi connectivity index (χ1v) is 2.00. The van der Waals surface area contributed by atoms with Gasteiger partial charge in [0, 0.05) is 43.2 Å². The molecule has 0 spiro atoms. The summed E-state index contributed by atoms with van der Waals surface area (Å²) in [7, 11) is -5.17. The summed E-state index contributed by atoms with van der Waals surface area (Å²) in [6.07, 6.45) is 0. The van der Waals surface area contributed by atoms with Crippen LogP contribution < -0.4 is 0 Å². The Balaban J connectivity index is -0.0000000800. The average molecular weight is 319 g/mol. The van der Waals surface area contributed by atoms with E-state index in [0.29, 0.717) is 0 Å². The first-order chi connectivity index (χ1) is 2.00. The van der Waals surface area contributed by atoms with Crippen LogP contribution in [0.5, 0.6) is 0 Å². The fourth-order valence-corrected chi connectivity index (χ4v) is 0. The van der Waals surface area contributed by atoms with Gasteiger partial charge in [0.15, 0.2) is 0 Å². The zero-order valence-corrected chi connectivity index (χ0v) is 7.65. The van der Waals surface area contributed by atoms with Crippen LogP contribution in [0.1, 0.15) is 0 Å². The van der Waals surface area contributed by atoms with Crippen molar-refractivity contribution in [2.24, 2.45) is 0 Å². The van der Waals surface area contributed by atoms with Gasteiger partial charge in [-0.25, -0.2) is 0 Å². The molecule has 7 heavy (non-hydrogen) atoms. The maximum absolute atomic E-state index is 8.52. The number of hydrogen-bond donors (Lipinski definition) is 0. The summed E-state index contributed by atoms with van der Waals surface area (Å²) in [6, 6.07) is 0. The van der Waals surface area contributed by atoms with Crippen molar-refractivity contribution >= 4 is 37.7 Å². The molecular weight excluding hydrogens is 319 g/mol. The van der Waals surface area contributed by atoms with E-state index >= 15 is 0 Å². The molecule has 0 fully saturated rings. The third kappa shape index (κ3) is 270. The molecule has 6 radical (unpaired) electrons. The van der Waals surface area contributed by atoms with E-state index < -0.39 is 10.4 Å². The Labute approximate surface area is 60.8 Å². The standard InChI is InChI=1S/H2O4S.O.Pb/c1-5(2,3)4;;/h(H2,1,2,3,4);;/p-2. The van der Waals surface area contributed by atoms with Crippen molar-refractivity contribution in [1.82, 2.24) is 0 Å². The monoisotopic (exact) mass is 320 g/mol. The Morgan fingerprint density at radius 2 is 1.14 bits per heavy atom. The molecule has 0 aliphatic heterocycles. The molecule has 0 aromatic heterocycles. The minimum absolute atomic E-state index is 0. The normalized spacial score (nSPS) is 8.29. The van der Waals surface area contributed by atoms with Gasteiger partial charge in [0.05, 0.1) is 0 Å². The van der Waals surface area contributed by atoms with Gasteiger partial charge in [-0.05, 0) is 0 Å². The van der Waals surface area contributed by atoms with Crippen LogP contribution >= 0.6 is 0 Å². The first kappa shape index (κ1) is 15.7. The molecule has 0 aliphatic rings. The summed E-state index contributed by atoms with van der Waals surface area (Å²) < 4.78 is 34.1. The molecule has 0 aromatic rings. The second-order valence-electron chi connectivity index (χ2n) is 0.408. The minimum Gasteiger partial charge on any atom is -0.759 e.